The van der Waals surface area contributed by atoms with Crippen LogP contribution in [0.4, 0.5) is 0 Å². The molecule has 3 heteroatoms. The first-order chi connectivity index (χ1) is 6.90. The first kappa shape index (κ1) is 9.34. The minimum Gasteiger partial charge on any atom is -0.440 e. The molecule has 0 N–H and O–H groups in total. The third kappa shape index (κ3) is 1.99. The van der Waals surface area contributed by atoms with E-state index in [2.05, 4.69) is 4.98 Å². The fraction of sp³-hybridized carbons (Fsp3) is 0.182. The van der Waals surface area contributed by atoms with E-state index in [1.807, 2.05) is 36.6 Å². The first-order valence-electron chi connectivity index (χ1n) is 4.39. The normalized spacial score (nSPS) is 10.4. The maximum Gasteiger partial charge on any atom is 0.226 e. The fourth-order valence-electron chi connectivity index (χ4n) is 1.23. The highest BCUT2D eigenvalue weighted by Crippen LogP contribution is 2.20. The highest BCUT2D eigenvalue weighted by molar-refractivity contribution is 7.97. The maximum atomic E-state index is 5.58. The number of nitrogens with zero attached hydrogens (tertiary/aromatic N) is 1. The van der Waals surface area contributed by atoms with Crippen molar-refractivity contribution in [2.75, 3.05) is 6.26 Å². The third-order valence-corrected chi connectivity index (χ3v) is 2.43. The van der Waals surface area contributed by atoms with E-state index in [0.29, 0.717) is 5.89 Å². The zero-order valence-electron chi connectivity index (χ0n) is 7.93. The monoisotopic (exact) mass is 205 g/mol. The summed E-state index contributed by atoms with van der Waals surface area (Å²) in [5.74, 6) is 2.51. The summed E-state index contributed by atoms with van der Waals surface area (Å²) in [6.45, 7) is 0. The molecule has 0 unspecified atom stereocenters. The van der Waals surface area contributed by atoms with E-state index in [1.54, 1.807) is 18.0 Å². The third-order valence-electron chi connectivity index (χ3n) is 1.86. The molecule has 14 heavy (non-hydrogen) atoms. The van der Waals surface area contributed by atoms with Gasteiger partial charge in [-0.15, -0.1) is 0 Å². The predicted octanol–water partition coefficient (Wildman–Crippen LogP) is 3.20. The van der Waals surface area contributed by atoms with Crippen molar-refractivity contribution in [1.82, 2.24) is 4.98 Å². The lowest BCUT2D eigenvalue weighted by Crippen LogP contribution is -1.74. The van der Waals surface area contributed by atoms with Crippen LogP contribution in [-0.2, 0) is 5.75 Å². The van der Waals surface area contributed by atoms with Crippen LogP contribution >= 0.6 is 11.8 Å². The fourth-order valence-corrected chi connectivity index (χ4v) is 1.65. The molecule has 72 valence electrons. The van der Waals surface area contributed by atoms with Gasteiger partial charge in [0.2, 0.25) is 5.89 Å². The van der Waals surface area contributed by atoms with Crippen molar-refractivity contribution in [3.63, 3.8) is 0 Å². The molecule has 2 nitrogen and oxygen atoms in total. The molecule has 1 aromatic heterocycles. The number of hydrogen-bond donors (Lipinski definition) is 0. The summed E-state index contributed by atoms with van der Waals surface area (Å²) in [7, 11) is 0. The Bertz CT molecular complexity index is 397. The number of rotatable bonds is 3. The SMILES string of the molecule is CSCc1cnc(-c2ccccc2)o1. The molecule has 2 rings (SSSR count). The number of hydrogen-bond acceptors (Lipinski definition) is 3. The van der Waals surface area contributed by atoms with Crippen molar-refractivity contribution >= 4 is 11.8 Å². The molecule has 0 saturated carbocycles. The standard InChI is InChI=1S/C11H11NOS/c1-14-8-10-7-12-11(13-10)9-5-3-2-4-6-9/h2-7H,8H2,1H3. The average Bonchev–Trinajstić information content (AvgIpc) is 2.68. The van der Waals surface area contributed by atoms with E-state index in [0.717, 1.165) is 17.1 Å². The van der Waals surface area contributed by atoms with Crippen LogP contribution in [0.5, 0.6) is 0 Å². The molecule has 2 aromatic rings. The summed E-state index contributed by atoms with van der Waals surface area (Å²) in [5.41, 5.74) is 1.03. The Morgan fingerprint density at radius 1 is 1.29 bits per heavy atom. The van der Waals surface area contributed by atoms with E-state index >= 15 is 0 Å². The summed E-state index contributed by atoms with van der Waals surface area (Å²) in [6, 6.07) is 9.93. The summed E-state index contributed by atoms with van der Waals surface area (Å²) in [5, 5.41) is 0. The van der Waals surface area contributed by atoms with E-state index < -0.39 is 0 Å². The molecule has 0 aliphatic carbocycles. The molecular formula is C11H11NOS. The lowest BCUT2D eigenvalue weighted by atomic mass is 10.2. The Balaban J connectivity index is 2.25. The summed E-state index contributed by atoms with van der Waals surface area (Å²) in [6.07, 6.45) is 3.84. The highest BCUT2D eigenvalue weighted by Gasteiger charge is 2.04. The average molecular weight is 205 g/mol. The molecule has 1 aromatic carbocycles. The van der Waals surface area contributed by atoms with Crippen LogP contribution in [-0.4, -0.2) is 11.2 Å². The topological polar surface area (TPSA) is 26.0 Å². The molecule has 0 bridgehead atoms. The maximum absolute atomic E-state index is 5.58. The van der Waals surface area contributed by atoms with Gasteiger partial charge in [0, 0.05) is 5.56 Å². The minimum atomic E-state index is 0.703. The van der Waals surface area contributed by atoms with E-state index in [4.69, 9.17) is 4.42 Å². The van der Waals surface area contributed by atoms with Gasteiger partial charge < -0.3 is 4.42 Å². The zero-order chi connectivity index (χ0) is 9.80. The number of aromatic nitrogens is 1. The van der Waals surface area contributed by atoms with Crippen LogP contribution in [0, 0.1) is 0 Å². The molecule has 0 aliphatic rings. The highest BCUT2D eigenvalue weighted by atomic mass is 32.2. The van der Waals surface area contributed by atoms with Crippen molar-refractivity contribution in [3.8, 4) is 11.5 Å². The molecule has 0 amide bonds. The Hall–Kier alpha value is -1.22. The van der Waals surface area contributed by atoms with Gasteiger partial charge in [-0.25, -0.2) is 4.98 Å². The van der Waals surface area contributed by atoms with Crippen LogP contribution in [0.3, 0.4) is 0 Å². The molecular weight excluding hydrogens is 194 g/mol. The largest absolute Gasteiger partial charge is 0.440 e. The smallest absolute Gasteiger partial charge is 0.226 e. The number of thioether (sulfide) groups is 1. The molecule has 0 aliphatic heterocycles. The van der Waals surface area contributed by atoms with Gasteiger partial charge in [0.15, 0.2) is 0 Å². The van der Waals surface area contributed by atoms with Crippen molar-refractivity contribution in [2.24, 2.45) is 0 Å². The van der Waals surface area contributed by atoms with Crippen LogP contribution in [0.25, 0.3) is 11.5 Å². The molecule has 0 fully saturated rings. The van der Waals surface area contributed by atoms with Gasteiger partial charge in [0.25, 0.3) is 0 Å². The second kappa shape index (κ2) is 4.33. The van der Waals surface area contributed by atoms with Crippen molar-refractivity contribution in [1.29, 1.82) is 0 Å². The second-order valence-corrected chi connectivity index (χ2v) is 3.80. The van der Waals surface area contributed by atoms with Gasteiger partial charge in [0.1, 0.15) is 5.76 Å². The number of oxazole rings is 1. The first-order valence-corrected chi connectivity index (χ1v) is 5.78. The van der Waals surface area contributed by atoms with Gasteiger partial charge >= 0.3 is 0 Å². The van der Waals surface area contributed by atoms with Crippen LogP contribution in [0.15, 0.2) is 40.9 Å². The van der Waals surface area contributed by atoms with Gasteiger partial charge in [0.05, 0.1) is 11.9 Å². The summed E-state index contributed by atoms with van der Waals surface area (Å²) >= 11 is 1.73. The van der Waals surface area contributed by atoms with E-state index in [9.17, 15) is 0 Å². The Labute approximate surface area is 87.4 Å². The van der Waals surface area contributed by atoms with Crippen molar-refractivity contribution < 1.29 is 4.42 Å². The molecule has 1 heterocycles. The molecule has 0 radical (unpaired) electrons. The number of benzene rings is 1. The Morgan fingerprint density at radius 2 is 2.07 bits per heavy atom. The van der Waals surface area contributed by atoms with Crippen LogP contribution < -0.4 is 0 Å². The molecule has 0 spiro atoms. The van der Waals surface area contributed by atoms with E-state index in [-0.39, 0.29) is 0 Å². The second-order valence-electron chi connectivity index (χ2n) is 2.93. The minimum absolute atomic E-state index is 0.703. The van der Waals surface area contributed by atoms with Crippen LogP contribution in [0.2, 0.25) is 0 Å². The molecule has 0 saturated heterocycles. The van der Waals surface area contributed by atoms with Crippen LogP contribution in [0.1, 0.15) is 5.76 Å². The van der Waals surface area contributed by atoms with E-state index in [1.165, 1.54) is 0 Å². The van der Waals surface area contributed by atoms with Gasteiger partial charge in [-0.05, 0) is 18.4 Å². The Kier molecular flexibility index (Phi) is 2.89. The van der Waals surface area contributed by atoms with Gasteiger partial charge in [-0.1, -0.05) is 18.2 Å². The lowest BCUT2D eigenvalue weighted by molar-refractivity contribution is 0.539. The van der Waals surface area contributed by atoms with Crippen molar-refractivity contribution in [3.05, 3.63) is 42.3 Å². The zero-order valence-corrected chi connectivity index (χ0v) is 8.75. The van der Waals surface area contributed by atoms with Gasteiger partial charge in [-0.3, -0.25) is 0 Å². The lowest BCUT2D eigenvalue weighted by Gasteiger charge is -1.93. The molecule has 0 atom stereocenters. The Morgan fingerprint density at radius 3 is 2.79 bits per heavy atom. The predicted molar refractivity (Wildman–Crippen MR) is 59.2 cm³/mol. The quantitative estimate of drug-likeness (QED) is 0.769. The summed E-state index contributed by atoms with van der Waals surface area (Å²) in [4.78, 5) is 4.23. The van der Waals surface area contributed by atoms with Crippen molar-refractivity contribution in [2.45, 2.75) is 5.75 Å². The summed E-state index contributed by atoms with van der Waals surface area (Å²) < 4.78 is 5.58. The van der Waals surface area contributed by atoms with Gasteiger partial charge in [-0.2, -0.15) is 11.8 Å².